The lowest BCUT2D eigenvalue weighted by atomic mass is 10.1. The quantitative estimate of drug-likeness (QED) is 0.693. The Bertz CT molecular complexity index is 1040. The summed E-state index contributed by atoms with van der Waals surface area (Å²) in [5.41, 5.74) is 1.78. The van der Waals surface area contributed by atoms with Crippen molar-refractivity contribution in [2.24, 2.45) is 7.05 Å². The van der Waals surface area contributed by atoms with Gasteiger partial charge in [-0.05, 0) is 18.1 Å². The number of rotatable bonds is 4. The zero-order chi connectivity index (χ0) is 20.7. The molecule has 2 atom stereocenters. The fourth-order valence-corrected chi connectivity index (χ4v) is 4.49. The lowest BCUT2D eigenvalue weighted by Gasteiger charge is -2.30. The number of β-amino-alcohol motifs (C(OH)–C–C–N with tert-alkyl or cyclic N) is 1. The van der Waals surface area contributed by atoms with E-state index in [2.05, 4.69) is 36.9 Å². The summed E-state index contributed by atoms with van der Waals surface area (Å²) in [4.78, 5) is 16.9. The molecular weight excluding hydrogens is 382 g/mol. The Kier molecular flexibility index (Phi) is 4.84. The molecule has 9 nitrogen and oxygen atoms in total. The highest BCUT2D eigenvalue weighted by molar-refractivity contribution is 5.92. The van der Waals surface area contributed by atoms with Gasteiger partial charge >= 0.3 is 0 Å². The molecule has 1 saturated heterocycles. The first-order chi connectivity index (χ1) is 14.6. The number of aryl methyl sites for hydroxylation is 1. The molecule has 1 fully saturated rings. The number of likely N-dealkylation sites (tertiary alicyclic amines) is 1. The molecule has 5 rings (SSSR count). The van der Waals surface area contributed by atoms with E-state index < -0.39 is 0 Å². The fourth-order valence-electron chi connectivity index (χ4n) is 4.49. The molecule has 4 heterocycles. The van der Waals surface area contributed by atoms with Crippen LogP contribution in [0, 0.1) is 0 Å². The third-order valence-electron chi connectivity index (χ3n) is 6.02. The van der Waals surface area contributed by atoms with Crippen LogP contribution in [0.2, 0.25) is 0 Å². The second kappa shape index (κ2) is 7.66. The number of aliphatic hydroxyl groups is 1. The average Bonchev–Trinajstić information content (AvgIpc) is 3.46. The number of benzene rings is 1. The van der Waals surface area contributed by atoms with Gasteiger partial charge in [0, 0.05) is 39.4 Å². The third kappa shape index (κ3) is 3.40. The monoisotopic (exact) mass is 407 g/mol. The number of hydrogen-bond donors (Lipinski definition) is 1. The van der Waals surface area contributed by atoms with Gasteiger partial charge in [-0.15, -0.1) is 10.2 Å². The van der Waals surface area contributed by atoms with Gasteiger partial charge in [0.05, 0.1) is 18.7 Å². The second-order valence-electron chi connectivity index (χ2n) is 8.01. The maximum absolute atomic E-state index is 12.8. The number of hydrogen-bond acceptors (Lipinski definition) is 6. The van der Waals surface area contributed by atoms with Crippen molar-refractivity contribution in [3.05, 3.63) is 65.5 Å². The summed E-state index contributed by atoms with van der Waals surface area (Å²) in [6, 6.07) is 12.0. The van der Waals surface area contributed by atoms with Crippen LogP contribution in [0.5, 0.6) is 0 Å². The van der Waals surface area contributed by atoms with Gasteiger partial charge in [0.25, 0.3) is 5.91 Å². The topological polar surface area (TPSA) is 92.3 Å². The summed E-state index contributed by atoms with van der Waals surface area (Å²) in [6.45, 7) is 3.04. The van der Waals surface area contributed by atoms with Crippen molar-refractivity contribution in [1.82, 2.24) is 34.3 Å². The van der Waals surface area contributed by atoms with E-state index in [1.165, 1.54) is 5.56 Å². The summed E-state index contributed by atoms with van der Waals surface area (Å²) >= 11 is 0. The van der Waals surface area contributed by atoms with Crippen LogP contribution in [0.3, 0.4) is 0 Å². The molecule has 0 saturated carbocycles. The van der Waals surface area contributed by atoms with E-state index in [9.17, 15) is 9.90 Å². The summed E-state index contributed by atoms with van der Waals surface area (Å²) in [6.07, 6.45) is 1.89. The van der Waals surface area contributed by atoms with Crippen LogP contribution in [-0.4, -0.2) is 64.6 Å². The molecule has 2 aromatic heterocycles. The molecule has 2 aliphatic rings. The van der Waals surface area contributed by atoms with Crippen LogP contribution in [0.15, 0.2) is 42.6 Å². The minimum Gasteiger partial charge on any atom is -0.392 e. The first-order valence-electron chi connectivity index (χ1n) is 10.3. The zero-order valence-corrected chi connectivity index (χ0v) is 16.9. The highest BCUT2D eigenvalue weighted by atomic mass is 16.3. The summed E-state index contributed by atoms with van der Waals surface area (Å²) in [7, 11) is 1.77. The van der Waals surface area contributed by atoms with E-state index in [0.29, 0.717) is 38.3 Å². The predicted molar refractivity (Wildman–Crippen MR) is 108 cm³/mol. The molecule has 1 aromatic carbocycles. The van der Waals surface area contributed by atoms with Crippen molar-refractivity contribution in [1.29, 1.82) is 0 Å². The SMILES string of the molecule is Cn1nccc1C(=O)N1CCn2c(nnc2[C@@H]2C[C@@H](O)CN2Cc2ccccc2)C1. The van der Waals surface area contributed by atoms with Crippen LogP contribution in [-0.2, 0) is 26.7 Å². The Labute approximate surface area is 174 Å². The van der Waals surface area contributed by atoms with Crippen LogP contribution < -0.4 is 0 Å². The second-order valence-corrected chi connectivity index (χ2v) is 8.01. The first kappa shape index (κ1) is 19.0. The highest BCUT2D eigenvalue weighted by Gasteiger charge is 2.37. The van der Waals surface area contributed by atoms with Gasteiger partial charge in [-0.25, -0.2) is 0 Å². The number of carbonyl (C=O) groups is 1. The summed E-state index contributed by atoms with van der Waals surface area (Å²) < 4.78 is 3.71. The Morgan fingerprint density at radius 2 is 2.00 bits per heavy atom. The minimum atomic E-state index is -0.377. The Balaban J connectivity index is 1.35. The number of nitrogens with zero attached hydrogens (tertiary/aromatic N) is 7. The van der Waals surface area contributed by atoms with Gasteiger partial charge in [-0.2, -0.15) is 5.10 Å². The third-order valence-corrected chi connectivity index (χ3v) is 6.02. The standard InChI is InChI=1S/C21H25N7O2/c1-25-17(7-8-22-25)21(30)26-9-10-28-19(14-26)23-24-20(28)18-11-16(29)13-27(18)12-15-5-3-2-4-6-15/h2-8,16,18,29H,9-14H2,1H3/t16-,18+/m1/s1. The molecule has 1 N–H and O–H groups in total. The number of carbonyl (C=O) groups excluding carboxylic acids is 1. The van der Waals surface area contributed by atoms with E-state index in [1.54, 1.807) is 28.9 Å². The van der Waals surface area contributed by atoms with Gasteiger partial charge in [-0.1, -0.05) is 30.3 Å². The van der Waals surface area contributed by atoms with E-state index in [-0.39, 0.29) is 18.1 Å². The molecule has 1 amide bonds. The molecule has 0 bridgehead atoms. The number of amides is 1. The number of fused-ring (bicyclic) bond motifs is 1. The lowest BCUT2D eigenvalue weighted by Crippen LogP contribution is -2.40. The number of aliphatic hydroxyl groups excluding tert-OH is 1. The normalized spacial score (nSPS) is 21.7. The highest BCUT2D eigenvalue weighted by Crippen LogP contribution is 2.33. The van der Waals surface area contributed by atoms with E-state index in [1.807, 2.05) is 18.2 Å². The van der Waals surface area contributed by atoms with Gasteiger partial charge in [-0.3, -0.25) is 14.4 Å². The van der Waals surface area contributed by atoms with Crippen molar-refractivity contribution in [3.8, 4) is 0 Å². The molecule has 0 radical (unpaired) electrons. The van der Waals surface area contributed by atoms with E-state index in [4.69, 9.17) is 0 Å². The van der Waals surface area contributed by atoms with Crippen molar-refractivity contribution >= 4 is 5.91 Å². The lowest BCUT2D eigenvalue weighted by molar-refractivity contribution is 0.0693. The molecule has 3 aromatic rings. The Morgan fingerprint density at radius 1 is 1.17 bits per heavy atom. The van der Waals surface area contributed by atoms with Gasteiger partial charge in [0.15, 0.2) is 11.6 Å². The van der Waals surface area contributed by atoms with Crippen LogP contribution in [0.1, 0.15) is 40.2 Å². The van der Waals surface area contributed by atoms with Crippen LogP contribution in [0.4, 0.5) is 0 Å². The molecule has 9 heteroatoms. The minimum absolute atomic E-state index is 0.0146. The number of aromatic nitrogens is 5. The molecule has 156 valence electrons. The average molecular weight is 407 g/mol. The molecule has 2 aliphatic heterocycles. The molecule has 30 heavy (non-hydrogen) atoms. The Morgan fingerprint density at radius 3 is 2.77 bits per heavy atom. The van der Waals surface area contributed by atoms with Crippen molar-refractivity contribution in [2.75, 3.05) is 13.1 Å². The fraction of sp³-hybridized carbons (Fsp3) is 0.429. The zero-order valence-electron chi connectivity index (χ0n) is 16.9. The first-order valence-corrected chi connectivity index (χ1v) is 10.3. The Hall–Kier alpha value is -3.04. The van der Waals surface area contributed by atoms with Crippen molar-refractivity contribution < 1.29 is 9.90 Å². The molecular formula is C21H25N7O2. The van der Waals surface area contributed by atoms with Crippen molar-refractivity contribution in [3.63, 3.8) is 0 Å². The van der Waals surface area contributed by atoms with Crippen molar-refractivity contribution in [2.45, 2.75) is 38.2 Å². The molecule has 0 unspecified atom stereocenters. The summed E-state index contributed by atoms with van der Waals surface area (Å²) in [5, 5.41) is 23.3. The molecule has 0 spiro atoms. The largest absolute Gasteiger partial charge is 0.392 e. The van der Waals surface area contributed by atoms with Gasteiger partial charge < -0.3 is 14.6 Å². The van der Waals surface area contributed by atoms with E-state index in [0.717, 1.165) is 18.2 Å². The van der Waals surface area contributed by atoms with E-state index >= 15 is 0 Å². The summed E-state index contributed by atoms with van der Waals surface area (Å²) in [5.74, 6) is 1.62. The maximum atomic E-state index is 12.8. The predicted octanol–water partition coefficient (Wildman–Crippen LogP) is 0.975. The van der Waals surface area contributed by atoms with Gasteiger partial charge in [0.2, 0.25) is 0 Å². The maximum Gasteiger partial charge on any atom is 0.272 e. The van der Waals surface area contributed by atoms with Crippen LogP contribution >= 0.6 is 0 Å². The smallest absolute Gasteiger partial charge is 0.272 e. The van der Waals surface area contributed by atoms with Gasteiger partial charge in [0.1, 0.15) is 5.69 Å². The van der Waals surface area contributed by atoms with Crippen LogP contribution in [0.25, 0.3) is 0 Å². The molecule has 0 aliphatic carbocycles.